The van der Waals surface area contributed by atoms with E-state index in [0.29, 0.717) is 17.6 Å². The number of nitrogens with zero attached hydrogens (tertiary/aromatic N) is 6. The molecule has 4 heterocycles. The lowest BCUT2D eigenvalue weighted by Gasteiger charge is -2.32. The Bertz CT molecular complexity index is 995. The first-order valence-electron chi connectivity index (χ1n) is 9.97. The Kier molecular flexibility index (Phi) is 6.34. The van der Waals surface area contributed by atoms with Crippen LogP contribution < -0.4 is 5.32 Å². The number of hydrogen-bond acceptors (Lipinski definition) is 7. The summed E-state index contributed by atoms with van der Waals surface area (Å²) < 4.78 is 0. The number of likely N-dealkylation sites (tertiary alicyclic amines) is 1. The first kappa shape index (κ1) is 19.6. The molecule has 152 valence electrons. The van der Waals surface area contributed by atoms with E-state index in [0.717, 1.165) is 43.6 Å². The zero-order valence-electron chi connectivity index (χ0n) is 16.6. The van der Waals surface area contributed by atoms with Crippen LogP contribution in [-0.4, -0.2) is 48.8 Å². The van der Waals surface area contributed by atoms with Gasteiger partial charge in [0.25, 0.3) is 0 Å². The van der Waals surface area contributed by atoms with Gasteiger partial charge in [0.1, 0.15) is 18.0 Å². The molecule has 1 saturated heterocycles. The van der Waals surface area contributed by atoms with Crippen molar-refractivity contribution in [2.24, 2.45) is 5.92 Å². The number of carbonyl (C=O) groups is 1. The van der Waals surface area contributed by atoms with Gasteiger partial charge in [0.15, 0.2) is 0 Å². The molecule has 1 aliphatic rings. The van der Waals surface area contributed by atoms with E-state index in [9.17, 15) is 4.79 Å². The number of amides is 1. The van der Waals surface area contributed by atoms with Crippen LogP contribution in [0.2, 0.25) is 0 Å². The lowest BCUT2D eigenvalue weighted by Crippen LogP contribution is -2.39. The minimum Gasteiger partial charge on any atom is -0.339 e. The highest BCUT2D eigenvalue weighted by molar-refractivity contribution is 5.91. The summed E-state index contributed by atoms with van der Waals surface area (Å²) in [4.78, 5) is 35.5. The molecule has 4 rings (SSSR count). The van der Waals surface area contributed by atoms with Crippen molar-refractivity contribution < 1.29 is 4.79 Å². The standard InChI is InChI=1S/C22H23N7O/c30-22(6-5-17-3-1-7-23-13-17)29-10-2-4-18(15-29)11-19-12-20(27-16-26-19)28-21-14-24-8-9-25-21/h1,3,5-9,12-14,16,18H,2,4,10-11,15H2,(H,25,26,27,28)/b6-5+/t18-/m1/s1. The molecule has 1 fully saturated rings. The number of hydrogen-bond donors (Lipinski definition) is 1. The van der Waals surface area contributed by atoms with E-state index >= 15 is 0 Å². The molecule has 1 atom stereocenters. The van der Waals surface area contributed by atoms with Crippen LogP contribution in [0, 0.1) is 5.92 Å². The van der Waals surface area contributed by atoms with Crippen molar-refractivity contribution in [1.82, 2.24) is 29.8 Å². The summed E-state index contributed by atoms with van der Waals surface area (Å²) in [5, 5.41) is 3.14. The van der Waals surface area contributed by atoms with Gasteiger partial charge in [-0.2, -0.15) is 0 Å². The van der Waals surface area contributed by atoms with Crippen molar-refractivity contribution in [2.75, 3.05) is 18.4 Å². The lowest BCUT2D eigenvalue weighted by molar-refractivity contribution is -0.127. The third kappa shape index (κ3) is 5.44. The normalized spacial score (nSPS) is 16.5. The van der Waals surface area contributed by atoms with E-state index in [4.69, 9.17) is 0 Å². The van der Waals surface area contributed by atoms with Crippen LogP contribution in [0.5, 0.6) is 0 Å². The minimum atomic E-state index is 0.0382. The van der Waals surface area contributed by atoms with Gasteiger partial charge >= 0.3 is 0 Å². The molecule has 8 nitrogen and oxygen atoms in total. The maximum absolute atomic E-state index is 12.6. The highest BCUT2D eigenvalue weighted by Gasteiger charge is 2.23. The maximum atomic E-state index is 12.6. The Morgan fingerprint density at radius 2 is 2.07 bits per heavy atom. The largest absolute Gasteiger partial charge is 0.339 e. The molecular weight excluding hydrogens is 378 g/mol. The summed E-state index contributed by atoms with van der Waals surface area (Å²) in [5.74, 6) is 1.73. The number of nitrogens with one attached hydrogen (secondary N) is 1. The number of pyridine rings is 1. The number of rotatable bonds is 6. The highest BCUT2D eigenvalue weighted by atomic mass is 16.2. The third-order valence-electron chi connectivity index (χ3n) is 4.97. The second-order valence-corrected chi connectivity index (χ2v) is 7.23. The second-order valence-electron chi connectivity index (χ2n) is 7.23. The minimum absolute atomic E-state index is 0.0382. The van der Waals surface area contributed by atoms with Gasteiger partial charge < -0.3 is 10.2 Å². The molecule has 1 aliphatic heterocycles. The Morgan fingerprint density at radius 3 is 2.90 bits per heavy atom. The van der Waals surface area contributed by atoms with Gasteiger partial charge in [-0.15, -0.1) is 0 Å². The van der Waals surface area contributed by atoms with E-state index in [-0.39, 0.29) is 5.91 Å². The van der Waals surface area contributed by atoms with Gasteiger partial charge in [-0.25, -0.2) is 15.0 Å². The summed E-state index contributed by atoms with van der Waals surface area (Å²) >= 11 is 0. The van der Waals surface area contributed by atoms with Crippen molar-refractivity contribution in [2.45, 2.75) is 19.3 Å². The molecule has 3 aromatic heterocycles. The molecule has 1 N–H and O–H groups in total. The fourth-order valence-electron chi connectivity index (χ4n) is 3.55. The Labute approximate surface area is 175 Å². The number of aromatic nitrogens is 5. The second kappa shape index (κ2) is 9.69. The summed E-state index contributed by atoms with van der Waals surface area (Å²) in [5.41, 5.74) is 1.87. The molecule has 0 aliphatic carbocycles. The predicted molar refractivity (Wildman–Crippen MR) is 114 cm³/mol. The molecule has 30 heavy (non-hydrogen) atoms. The molecule has 0 aromatic carbocycles. The molecular formula is C22H23N7O. The molecule has 0 saturated carbocycles. The quantitative estimate of drug-likeness (QED) is 0.634. The summed E-state index contributed by atoms with van der Waals surface area (Å²) in [7, 11) is 0. The van der Waals surface area contributed by atoms with Crippen LogP contribution in [0.4, 0.5) is 11.6 Å². The molecule has 0 bridgehead atoms. The van der Waals surface area contributed by atoms with Crippen molar-refractivity contribution in [3.63, 3.8) is 0 Å². The van der Waals surface area contributed by atoms with E-state index in [1.54, 1.807) is 43.4 Å². The molecule has 1 amide bonds. The van der Waals surface area contributed by atoms with E-state index in [2.05, 4.69) is 30.2 Å². The van der Waals surface area contributed by atoms with Crippen molar-refractivity contribution in [3.05, 3.63) is 72.8 Å². The van der Waals surface area contributed by atoms with Gasteiger partial charge in [0, 0.05) is 55.7 Å². The van der Waals surface area contributed by atoms with E-state index in [1.165, 1.54) is 0 Å². The first-order chi connectivity index (χ1) is 14.8. The molecule has 0 spiro atoms. The SMILES string of the molecule is O=C(/C=C/c1cccnc1)N1CCC[C@H](Cc2cc(Nc3cnccn3)ncn2)C1. The predicted octanol–water partition coefficient (Wildman–Crippen LogP) is 2.90. The number of piperidine rings is 1. The van der Waals surface area contributed by atoms with Gasteiger partial charge in [-0.3, -0.25) is 14.8 Å². The monoisotopic (exact) mass is 401 g/mol. The maximum Gasteiger partial charge on any atom is 0.246 e. The van der Waals surface area contributed by atoms with E-state index in [1.807, 2.05) is 29.2 Å². The van der Waals surface area contributed by atoms with Crippen molar-refractivity contribution in [3.8, 4) is 0 Å². The fourth-order valence-corrected chi connectivity index (χ4v) is 3.55. The van der Waals surface area contributed by atoms with Gasteiger partial charge in [-0.05, 0) is 42.9 Å². The summed E-state index contributed by atoms with van der Waals surface area (Å²) in [6, 6.07) is 5.71. The average molecular weight is 401 g/mol. The van der Waals surface area contributed by atoms with E-state index < -0.39 is 0 Å². The molecule has 0 radical (unpaired) electrons. The Hall–Kier alpha value is -3.68. The number of anilines is 2. The summed E-state index contributed by atoms with van der Waals surface area (Å²) in [6.45, 7) is 1.52. The van der Waals surface area contributed by atoms with Crippen molar-refractivity contribution >= 4 is 23.6 Å². The fraction of sp³-hybridized carbons (Fsp3) is 0.273. The number of carbonyl (C=O) groups excluding carboxylic acids is 1. The van der Waals surface area contributed by atoms with Crippen LogP contribution in [0.25, 0.3) is 6.08 Å². The van der Waals surface area contributed by atoms with Crippen LogP contribution >= 0.6 is 0 Å². The first-order valence-corrected chi connectivity index (χ1v) is 9.97. The Balaban J connectivity index is 1.35. The van der Waals surface area contributed by atoms with Gasteiger partial charge in [-0.1, -0.05) is 6.07 Å². The van der Waals surface area contributed by atoms with Crippen LogP contribution in [0.15, 0.2) is 61.6 Å². The van der Waals surface area contributed by atoms with Crippen LogP contribution in [0.3, 0.4) is 0 Å². The smallest absolute Gasteiger partial charge is 0.246 e. The third-order valence-corrected chi connectivity index (χ3v) is 4.97. The average Bonchev–Trinajstić information content (AvgIpc) is 2.79. The highest BCUT2D eigenvalue weighted by Crippen LogP contribution is 2.22. The molecule has 0 unspecified atom stereocenters. The Morgan fingerprint density at radius 1 is 1.13 bits per heavy atom. The zero-order chi connectivity index (χ0) is 20.6. The van der Waals surface area contributed by atoms with Gasteiger partial charge in [0.05, 0.1) is 6.20 Å². The molecule has 8 heteroatoms. The molecule has 3 aromatic rings. The summed E-state index contributed by atoms with van der Waals surface area (Å²) in [6.07, 6.45) is 16.2. The van der Waals surface area contributed by atoms with Crippen LogP contribution in [-0.2, 0) is 11.2 Å². The topological polar surface area (TPSA) is 96.8 Å². The van der Waals surface area contributed by atoms with Crippen LogP contribution in [0.1, 0.15) is 24.1 Å². The van der Waals surface area contributed by atoms with Crippen molar-refractivity contribution in [1.29, 1.82) is 0 Å². The van der Waals surface area contributed by atoms with Gasteiger partial charge in [0.2, 0.25) is 5.91 Å². The zero-order valence-corrected chi connectivity index (χ0v) is 16.6. The lowest BCUT2D eigenvalue weighted by atomic mass is 9.93.